The Kier molecular flexibility index (Phi) is 4.39. The Morgan fingerprint density at radius 1 is 1.13 bits per heavy atom. The molecule has 0 aliphatic carbocycles. The molecule has 0 spiro atoms. The summed E-state index contributed by atoms with van der Waals surface area (Å²) < 4.78 is 15.5. The number of methoxy groups -OCH3 is 3. The molecule has 0 amide bonds. The van der Waals surface area contributed by atoms with E-state index in [0.29, 0.717) is 18.1 Å². The Labute approximate surface area is 89.4 Å². The minimum Gasteiger partial charge on any atom is -0.493 e. The van der Waals surface area contributed by atoms with Gasteiger partial charge in [0.15, 0.2) is 11.5 Å². The van der Waals surface area contributed by atoms with Crippen LogP contribution in [0.2, 0.25) is 0 Å². The summed E-state index contributed by atoms with van der Waals surface area (Å²) in [6.07, 6.45) is 0. The molecule has 0 atom stereocenters. The third-order valence-corrected chi connectivity index (χ3v) is 2.10. The van der Waals surface area contributed by atoms with Crippen molar-refractivity contribution < 1.29 is 19.3 Å². The SMILES string of the molecule is COCc1cc(CO)cc(OC)c1OC. The monoisotopic (exact) mass is 212 g/mol. The van der Waals surface area contributed by atoms with Crippen LogP contribution in [0.3, 0.4) is 0 Å². The highest BCUT2D eigenvalue weighted by atomic mass is 16.5. The molecule has 4 heteroatoms. The second-order valence-corrected chi connectivity index (χ2v) is 3.08. The number of aliphatic hydroxyl groups excluding tert-OH is 1. The van der Waals surface area contributed by atoms with E-state index in [0.717, 1.165) is 11.1 Å². The summed E-state index contributed by atoms with van der Waals surface area (Å²) in [6, 6.07) is 3.59. The molecule has 0 aliphatic rings. The molecule has 4 nitrogen and oxygen atoms in total. The molecule has 1 aromatic rings. The largest absolute Gasteiger partial charge is 0.493 e. The first-order valence-electron chi connectivity index (χ1n) is 4.60. The van der Waals surface area contributed by atoms with E-state index in [1.807, 2.05) is 6.07 Å². The second kappa shape index (κ2) is 5.58. The Morgan fingerprint density at radius 2 is 1.87 bits per heavy atom. The van der Waals surface area contributed by atoms with E-state index in [2.05, 4.69) is 0 Å². The number of benzene rings is 1. The van der Waals surface area contributed by atoms with Gasteiger partial charge in [0.1, 0.15) is 0 Å². The van der Waals surface area contributed by atoms with Crippen LogP contribution in [0, 0.1) is 0 Å². The minimum atomic E-state index is -0.0307. The van der Waals surface area contributed by atoms with E-state index in [4.69, 9.17) is 19.3 Å². The first-order valence-corrected chi connectivity index (χ1v) is 4.60. The van der Waals surface area contributed by atoms with Gasteiger partial charge in [0.25, 0.3) is 0 Å². The van der Waals surface area contributed by atoms with E-state index in [9.17, 15) is 0 Å². The highest BCUT2D eigenvalue weighted by molar-refractivity contribution is 5.49. The molecule has 1 N–H and O–H groups in total. The summed E-state index contributed by atoms with van der Waals surface area (Å²) >= 11 is 0. The molecular formula is C11H16O4. The molecule has 15 heavy (non-hydrogen) atoms. The second-order valence-electron chi connectivity index (χ2n) is 3.08. The van der Waals surface area contributed by atoms with Crippen LogP contribution in [-0.2, 0) is 18.0 Å². The molecule has 0 aliphatic heterocycles. The van der Waals surface area contributed by atoms with Gasteiger partial charge >= 0.3 is 0 Å². The Balaban J connectivity index is 3.19. The quantitative estimate of drug-likeness (QED) is 0.800. The van der Waals surface area contributed by atoms with Crippen molar-refractivity contribution >= 4 is 0 Å². The fourth-order valence-corrected chi connectivity index (χ4v) is 1.46. The summed E-state index contributed by atoms with van der Waals surface area (Å²) in [6.45, 7) is 0.393. The van der Waals surface area contributed by atoms with Gasteiger partial charge in [-0.2, -0.15) is 0 Å². The predicted octanol–water partition coefficient (Wildman–Crippen LogP) is 1.34. The Hall–Kier alpha value is -1.26. The zero-order chi connectivity index (χ0) is 11.3. The fourth-order valence-electron chi connectivity index (χ4n) is 1.46. The van der Waals surface area contributed by atoms with Crippen LogP contribution < -0.4 is 9.47 Å². The number of hydrogen-bond donors (Lipinski definition) is 1. The van der Waals surface area contributed by atoms with Crippen molar-refractivity contribution in [2.75, 3.05) is 21.3 Å². The van der Waals surface area contributed by atoms with Gasteiger partial charge in [-0.1, -0.05) is 0 Å². The van der Waals surface area contributed by atoms with Gasteiger partial charge in [0, 0.05) is 12.7 Å². The standard InChI is InChI=1S/C11H16O4/c1-13-7-9-4-8(6-12)5-10(14-2)11(9)15-3/h4-5,12H,6-7H2,1-3H3. The van der Waals surface area contributed by atoms with Crippen LogP contribution in [0.4, 0.5) is 0 Å². The molecule has 0 bridgehead atoms. The summed E-state index contributed by atoms with van der Waals surface area (Å²) in [4.78, 5) is 0. The number of ether oxygens (including phenoxy) is 3. The van der Waals surface area contributed by atoms with Crippen molar-refractivity contribution in [3.63, 3.8) is 0 Å². The van der Waals surface area contributed by atoms with Gasteiger partial charge < -0.3 is 19.3 Å². The third-order valence-electron chi connectivity index (χ3n) is 2.10. The van der Waals surface area contributed by atoms with Crippen molar-refractivity contribution in [2.24, 2.45) is 0 Å². The maximum absolute atomic E-state index is 9.08. The summed E-state index contributed by atoms with van der Waals surface area (Å²) in [5, 5.41) is 9.08. The molecule has 1 rings (SSSR count). The summed E-state index contributed by atoms with van der Waals surface area (Å²) in [5.41, 5.74) is 1.64. The lowest BCUT2D eigenvalue weighted by molar-refractivity contribution is 0.180. The van der Waals surface area contributed by atoms with Gasteiger partial charge in [-0.25, -0.2) is 0 Å². The number of aliphatic hydroxyl groups is 1. The van der Waals surface area contributed by atoms with Crippen LogP contribution in [0.5, 0.6) is 11.5 Å². The van der Waals surface area contributed by atoms with Crippen molar-refractivity contribution in [1.29, 1.82) is 0 Å². The van der Waals surface area contributed by atoms with Gasteiger partial charge in [-0.3, -0.25) is 0 Å². The lowest BCUT2D eigenvalue weighted by atomic mass is 10.1. The predicted molar refractivity (Wildman–Crippen MR) is 56.2 cm³/mol. The first-order chi connectivity index (χ1) is 7.26. The third kappa shape index (κ3) is 2.61. The van der Waals surface area contributed by atoms with Gasteiger partial charge in [0.2, 0.25) is 0 Å². The average molecular weight is 212 g/mol. The van der Waals surface area contributed by atoms with Crippen molar-refractivity contribution in [3.05, 3.63) is 23.3 Å². The fraction of sp³-hybridized carbons (Fsp3) is 0.455. The summed E-state index contributed by atoms with van der Waals surface area (Å²) in [7, 11) is 4.75. The molecule has 0 unspecified atom stereocenters. The molecule has 0 fully saturated rings. The maximum atomic E-state index is 9.08. The lowest BCUT2D eigenvalue weighted by Gasteiger charge is -2.13. The van der Waals surface area contributed by atoms with Crippen molar-refractivity contribution in [3.8, 4) is 11.5 Å². The number of rotatable bonds is 5. The number of hydrogen-bond acceptors (Lipinski definition) is 4. The maximum Gasteiger partial charge on any atom is 0.166 e. The van der Waals surface area contributed by atoms with Crippen LogP contribution >= 0.6 is 0 Å². The van der Waals surface area contributed by atoms with Crippen LogP contribution in [0.25, 0.3) is 0 Å². The smallest absolute Gasteiger partial charge is 0.166 e. The van der Waals surface area contributed by atoms with Crippen LogP contribution in [0.1, 0.15) is 11.1 Å². The normalized spacial score (nSPS) is 10.1. The molecule has 84 valence electrons. The molecule has 0 saturated heterocycles. The highest BCUT2D eigenvalue weighted by Crippen LogP contribution is 2.33. The topological polar surface area (TPSA) is 47.9 Å². The van der Waals surface area contributed by atoms with E-state index in [1.165, 1.54) is 0 Å². The van der Waals surface area contributed by atoms with E-state index >= 15 is 0 Å². The van der Waals surface area contributed by atoms with Gasteiger partial charge in [-0.15, -0.1) is 0 Å². The first kappa shape index (κ1) is 11.8. The van der Waals surface area contributed by atoms with E-state index in [-0.39, 0.29) is 6.61 Å². The molecular weight excluding hydrogens is 196 g/mol. The molecule has 0 radical (unpaired) electrons. The molecule has 0 aromatic heterocycles. The van der Waals surface area contributed by atoms with E-state index < -0.39 is 0 Å². The molecule has 0 saturated carbocycles. The highest BCUT2D eigenvalue weighted by Gasteiger charge is 2.11. The van der Waals surface area contributed by atoms with Crippen molar-refractivity contribution in [2.45, 2.75) is 13.2 Å². The molecule has 0 heterocycles. The van der Waals surface area contributed by atoms with Gasteiger partial charge in [0.05, 0.1) is 27.4 Å². The van der Waals surface area contributed by atoms with Crippen LogP contribution in [0.15, 0.2) is 12.1 Å². The zero-order valence-corrected chi connectivity index (χ0v) is 9.24. The van der Waals surface area contributed by atoms with E-state index in [1.54, 1.807) is 27.4 Å². The van der Waals surface area contributed by atoms with Crippen LogP contribution in [-0.4, -0.2) is 26.4 Å². The lowest BCUT2D eigenvalue weighted by Crippen LogP contribution is -1.99. The Morgan fingerprint density at radius 3 is 2.33 bits per heavy atom. The van der Waals surface area contributed by atoms with Gasteiger partial charge in [-0.05, 0) is 17.7 Å². The Bertz CT molecular complexity index is 323. The zero-order valence-electron chi connectivity index (χ0n) is 9.24. The summed E-state index contributed by atoms with van der Waals surface area (Å²) in [5.74, 6) is 1.26. The minimum absolute atomic E-state index is 0.0307. The average Bonchev–Trinajstić information content (AvgIpc) is 2.28. The van der Waals surface area contributed by atoms with Crippen molar-refractivity contribution in [1.82, 2.24) is 0 Å². The molecule has 1 aromatic carbocycles.